The molecule has 0 fully saturated rings. The third kappa shape index (κ3) is 4.36. The van der Waals surface area contributed by atoms with Gasteiger partial charge in [-0.2, -0.15) is 0 Å². The predicted molar refractivity (Wildman–Crippen MR) is 62.1 cm³/mol. The van der Waals surface area contributed by atoms with Crippen LogP contribution in [0.2, 0.25) is 10.3 Å². The van der Waals surface area contributed by atoms with Crippen LogP contribution in [0.15, 0.2) is 11.0 Å². The van der Waals surface area contributed by atoms with Gasteiger partial charge >= 0.3 is 0 Å². The highest BCUT2D eigenvalue weighted by Gasteiger charge is 2.22. The average Bonchev–Trinajstić information content (AvgIpc) is 2.18. The molecule has 0 atom stereocenters. The van der Waals surface area contributed by atoms with Crippen molar-refractivity contribution in [3.63, 3.8) is 0 Å². The zero-order chi connectivity index (χ0) is 13.3. The summed E-state index contributed by atoms with van der Waals surface area (Å²) >= 11 is 11.0. The van der Waals surface area contributed by atoms with Crippen LogP contribution in [0.3, 0.4) is 0 Å². The van der Waals surface area contributed by atoms with E-state index >= 15 is 0 Å². The molecule has 11 heteroatoms. The van der Waals surface area contributed by atoms with E-state index in [2.05, 4.69) is 10.2 Å². The fourth-order valence-corrected chi connectivity index (χ4v) is 4.16. The molecule has 0 radical (unpaired) electrons. The van der Waals surface area contributed by atoms with Crippen molar-refractivity contribution in [2.75, 3.05) is 11.5 Å². The van der Waals surface area contributed by atoms with Crippen molar-refractivity contribution in [3.8, 4) is 0 Å². The van der Waals surface area contributed by atoms with E-state index in [0.717, 1.165) is 6.07 Å². The summed E-state index contributed by atoms with van der Waals surface area (Å²) in [5.74, 6) is -1.42. The van der Waals surface area contributed by atoms with Gasteiger partial charge in [-0.3, -0.25) is 0 Å². The van der Waals surface area contributed by atoms with Gasteiger partial charge in [-0.25, -0.2) is 22.0 Å². The van der Waals surface area contributed by atoms with Crippen LogP contribution < -0.4 is 5.14 Å². The third-order valence-corrected chi connectivity index (χ3v) is 4.99. The minimum Gasteiger partial charge on any atom is -0.229 e. The Morgan fingerprint density at radius 1 is 1.12 bits per heavy atom. The normalized spacial score (nSPS) is 12.6. The number of hydrogen-bond acceptors (Lipinski definition) is 6. The molecule has 1 aromatic heterocycles. The van der Waals surface area contributed by atoms with Crippen molar-refractivity contribution >= 4 is 43.1 Å². The molecule has 7 nitrogen and oxygen atoms in total. The van der Waals surface area contributed by atoms with Gasteiger partial charge in [0.2, 0.25) is 10.0 Å². The molecule has 0 aliphatic heterocycles. The Kier molecular flexibility index (Phi) is 4.31. The largest absolute Gasteiger partial charge is 0.229 e. The van der Waals surface area contributed by atoms with Crippen LogP contribution in [-0.4, -0.2) is 38.5 Å². The molecular formula is C6H7Cl2N3O4S2. The van der Waals surface area contributed by atoms with Crippen LogP contribution in [0.25, 0.3) is 0 Å². The van der Waals surface area contributed by atoms with E-state index in [-0.39, 0.29) is 15.2 Å². The molecule has 0 aliphatic carbocycles. The van der Waals surface area contributed by atoms with Gasteiger partial charge in [-0.15, -0.1) is 10.2 Å². The van der Waals surface area contributed by atoms with Gasteiger partial charge in [-0.1, -0.05) is 23.2 Å². The lowest BCUT2D eigenvalue weighted by Crippen LogP contribution is -2.23. The van der Waals surface area contributed by atoms with Crippen molar-refractivity contribution < 1.29 is 16.8 Å². The highest BCUT2D eigenvalue weighted by molar-refractivity contribution is 7.94. The van der Waals surface area contributed by atoms with Gasteiger partial charge in [-0.05, 0) is 6.07 Å². The third-order valence-electron chi connectivity index (χ3n) is 1.66. The van der Waals surface area contributed by atoms with Crippen LogP contribution in [0, 0.1) is 0 Å². The van der Waals surface area contributed by atoms with E-state index in [9.17, 15) is 16.8 Å². The van der Waals surface area contributed by atoms with E-state index in [1.54, 1.807) is 0 Å². The van der Waals surface area contributed by atoms with E-state index in [1.165, 1.54) is 0 Å². The van der Waals surface area contributed by atoms with Gasteiger partial charge < -0.3 is 0 Å². The molecule has 0 amide bonds. The van der Waals surface area contributed by atoms with Crippen molar-refractivity contribution in [2.24, 2.45) is 5.14 Å². The minimum absolute atomic E-state index is 0.163. The van der Waals surface area contributed by atoms with Crippen molar-refractivity contribution in [3.05, 3.63) is 16.4 Å². The Labute approximate surface area is 108 Å². The first-order valence-corrected chi connectivity index (χ1v) is 8.16. The van der Waals surface area contributed by atoms with Crippen molar-refractivity contribution in [1.29, 1.82) is 0 Å². The summed E-state index contributed by atoms with van der Waals surface area (Å²) in [7, 11) is -7.80. The zero-order valence-corrected chi connectivity index (χ0v) is 11.3. The lowest BCUT2D eigenvalue weighted by molar-refractivity contribution is 0.588. The summed E-state index contributed by atoms with van der Waals surface area (Å²) in [6.07, 6.45) is 0. The lowest BCUT2D eigenvalue weighted by atomic mass is 10.6. The Bertz CT molecular complexity index is 629. The van der Waals surface area contributed by atoms with Gasteiger partial charge in [0.15, 0.2) is 20.1 Å². The summed E-state index contributed by atoms with van der Waals surface area (Å²) < 4.78 is 44.8. The number of nitrogens with two attached hydrogens (primary N) is 1. The number of sulfone groups is 1. The maximum absolute atomic E-state index is 11.7. The Hall–Kier alpha value is -0.480. The van der Waals surface area contributed by atoms with Crippen LogP contribution in [0.4, 0.5) is 0 Å². The first-order valence-electron chi connectivity index (χ1n) is 4.04. The van der Waals surface area contributed by atoms with Gasteiger partial charge in [0.25, 0.3) is 0 Å². The smallest absolute Gasteiger partial charge is 0.210 e. The molecule has 1 aromatic rings. The molecule has 1 rings (SSSR count). The average molecular weight is 320 g/mol. The second-order valence-corrected chi connectivity index (χ2v) is 7.56. The van der Waals surface area contributed by atoms with E-state index in [1.807, 2.05) is 0 Å². The number of halogens is 2. The molecule has 0 saturated carbocycles. The van der Waals surface area contributed by atoms with Crippen LogP contribution >= 0.6 is 23.2 Å². The van der Waals surface area contributed by atoms with Gasteiger partial charge in [0, 0.05) is 0 Å². The van der Waals surface area contributed by atoms with E-state index in [4.69, 9.17) is 28.3 Å². The Morgan fingerprint density at radius 3 is 2.24 bits per heavy atom. The maximum atomic E-state index is 11.7. The van der Waals surface area contributed by atoms with Crippen LogP contribution in [0.1, 0.15) is 0 Å². The quantitative estimate of drug-likeness (QED) is 0.823. The number of sulfonamides is 1. The van der Waals surface area contributed by atoms with Crippen molar-refractivity contribution in [1.82, 2.24) is 10.2 Å². The molecule has 2 N–H and O–H groups in total. The summed E-state index contributed by atoms with van der Waals surface area (Å²) in [5.41, 5.74) is 0. The molecule has 0 aliphatic rings. The highest BCUT2D eigenvalue weighted by atomic mass is 35.5. The molecule has 96 valence electrons. The standard InChI is InChI=1S/C6H7Cl2N3O4S2/c7-5-3-4(6(8)11-10-5)16(12,13)1-2-17(9,14)15/h3H,1-2H2,(H2,9,14,15). The summed E-state index contributed by atoms with van der Waals surface area (Å²) in [4.78, 5) is -0.372. The maximum Gasteiger partial charge on any atom is 0.210 e. The molecule has 0 bridgehead atoms. The van der Waals surface area contributed by atoms with E-state index < -0.39 is 31.4 Å². The first-order chi connectivity index (χ1) is 7.62. The number of rotatable bonds is 4. The first kappa shape index (κ1) is 14.6. The molecular weight excluding hydrogens is 313 g/mol. The fraction of sp³-hybridized carbons (Fsp3) is 0.333. The SMILES string of the molecule is NS(=O)(=O)CCS(=O)(=O)c1cc(Cl)nnc1Cl. The monoisotopic (exact) mass is 319 g/mol. The van der Waals surface area contributed by atoms with Gasteiger partial charge in [0.05, 0.1) is 11.5 Å². The zero-order valence-electron chi connectivity index (χ0n) is 8.17. The molecule has 0 aromatic carbocycles. The Balaban J connectivity index is 3.10. The van der Waals surface area contributed by atoms with Crippen molar-refractivity contribution in [2.45, 2.75) is 4.90 Å². The minimum atomic E-state index is -3.92. The van der Waals surface area contributed by atoms with Gasteiger partial charge in [0.1, 0.15) is 4.90 Å². The number of nitrogens with zero attached hydrogens (tertiary/aromatic N) is 2. The summed E-state index contributed by atoms with van der Waals surface area (Å²) in [6.45, 7) is 0. The van der Waals surface area contributed by atoms with Crippen LogP contribution in [-0.2, 0) is 19.9 Å². The number of hydrogen-bond donors (Lipinski definition) is 1. The predicted octanol–water partition coefficient (Wildman–Crippen LogP) is -0.154. The fourth-order valence-electron chi connectivity index (χ4n) is 0.891. The molecule has 0 spiro atoms. The number of aromatic nitrogens is 2. The summed E-state index contributed by atoms with van der Waals surface area (Å²) in [6, 6.07) is 0.995. The highest BCUT2D eigenvalue weighted by Crippen LogP contribution is 2.21. The second-order valence-electron chi connectivity index (χ2n) is 3.01. The topological polar surface area (TPSA) is 120 Å². The number of primary sulfonamides is 1. The molecule has 17 heavy (non-hydrogen) atoms. The summed E-state index contributed by atoms with van der Waals surface area (Å²) in [5, 5.41) is 10.8. The molecule has 0 unspecified atom stereocenters. The molecule has 1 heterocycles. The van der Waals surface area contributed by atoms with E-state index in [0.29, 0.717) is 0 Å². The molecule has 0 saturated heterocycles. The Morgan fingerprint density at radius 2 is 1.71 bits per heavy atom. The second kappa shape index (κ2) is 5.02. The van der Waals surface area contributed by atoms with Crippen LogP contribution in [0.5, 0.6) is 0 Å². The lowest BCUT2D eigenvalue weighted by Gasteiger charge is -2.04.